The zero-order valence-electron chi connectivity index (χ0n) is 10.0. The maximum Gasteiger partial charge on any atom is 0.307 e. The lowest BCUT2D eigenvalue weighted by molar-refractivity contribution is -0.136. The van der Waals surface area contributed by atoms with Crippen LogP contribution in [0.25, 0.3) is 0 Å². The predicted octanol–water partition coefficient (Wildman–Crippen LogP) is 1.12. The van der Waals surface area contributed by atoms with Gasteiger partial charge < -0.3 is 19.7 Å². The molecule has 1 aromatic heterocycles. The summed E-state index contributed by atoms with van der Waals surface area (Å²) in [6.45, 7) is 2.53. The Kier molecular flexibility index (Phi) is 3.68. The summed E-state index contributed by atoms with van der Waals surface area (Å²) in [5.41, 5.74) is 1.99. The Morgan fingerprint density at radius 1 is 1.65 bits per heavy atom. The number of nitrogens with zero attached hydrogens (tertiary/aromatic N) is 1. The summed E-state index contributed by atoms with van der Waals surface area (Å²) in [5, 5.41) is 12.3. The van der Waals surface area contributed by atoms with E-state index < -0.39 is 5.97 Å². The number of rotatable bonds is 5. The first-order chi connectivity index (χ1) is 8.22. The Morgan fingerprint density at radius 2 is 2.47 bits per heavy atom. The number of hydrogen-bond donors (Lipinski definition) is 2. The van der Waals surface area contributed by atoms with Gasteiger partial charge in [0.15, 0.2) is 0 Å². The Hall–Kier alpha value is -1.49. The lowest BCUT2D eigenvalue weighted by Gasteiger charge is -2.18. The highest BCUT2D eigenvalue weighted by Crippen LogP contribution is 2.27. The van der Waals surface area contributed by atoms with E-state index in [0.717, 1.165) is 42.9 Å². The van der Waals surface area contributed by atoms with Crippen molar-refractivity contribution in [2.75, 3.05) is 25.6 Å². The molecule has 0 atom stereocenters. The van der Waals surface area contributed by atoms with Crippen molar-refractivity contribution >= 4 is 11.8 Å². The first kappa shape index (κ1) is 12.0. The molecule has 0 spiro atoms. The number of hydrogen-bond acceptors (Lipinski definition) is 3. The zero-order valence-corrected chi connectivity index (χ0v) is 10.0. The molecular weight excluding hydrogens is 220 g/mol. The first-order valence-electron chi connectivity index (χ1n) is 5.88. The number of carboxylic acid groups (broad SMARTS) is 1. The van der Waals surface area contributed by atoms with Crippen LogP contribution in [-0.4, -0.2) is 35.9 Å². The van der Waals surface area contributed by atoms with Gasteiger partial charge in [-0.1, -0.05) is 0 Å². The van der Waals surface area contributed by atoms with Gasteiger partial charge in [0.2, 0.25) is 0 Å². The van der Waals surface area contributed by atoms with Crippen LogP contribution in [0.15, 0.2) is 6.20 Å². The predicted molar refractivity (Wildman–Crippen MR) is 64.5 cm³/mol. The van der Waals surface area contributed by atoms with Crippen LogP contribution in [-0.2, 0) is 28.9 Å². The van der Waals surface area contributed by atoms with Gasteiger partial charge in [-0.25, -0.2) is 0 Å². The average molecular weight is 238 g/mol. The minimum Gasteiger partial charge on any atom is -0.481 e. The van der Waals surface area contributed by atoms with Crippen LogP contribution in [0.5, 0.6) is 0 Å². The fourth-order valence-electron chi connectivity index (χ4n) is 2.30. The molecule has 0 aromatic carbocycles. The summed E-state index contributed by atoms with van der Waals surface area (Å²) in [6.07, 6.45) is 3.88. The quantitative estimate of drug-likeness (QED) is 0.807. The van der Waals surface area contributed by atoms with Gasteiger partial charge in [0.1, 0.15) is 5.82 Å². The molecule has 0 bridgehead atoms. The molecule has 5 heteroatoms. The van der Waals surface area contributed by atoms with E-state index in [4.69, 9.17) is 9.84 Å². The highest BCUT2D eigenvalue weighted by atomic mass is 16.5. The maximum atomic E-state index is 10.8. The number of aliphatic carboxylic acids is 1. The summed E-state index contributed by atoms with van der Waals surface area (Å²) in [4.78, 5) is 10.8. The van der Waals surface area contributed by atoms with Gasteiger partial charge in [0.05, 0.1) is 13.0 Å². The van der Waals surface area contributed by atoms with Gasteiger partial charge in [0, 0.05) is 32.0 Å². The number of anilines is 1. The van der Waals surface area contributed by atoms with Crippen molar-refractivity contribution in [3.8, 4) is 0 Å². The molecule has 2 rings (SSSR count). The van der Waals surface area contributed by atoms with Crippen molar-refractivity contribution in [1.82, 2.24) is 4.57 Å². The molecule has 0 unspecified atom stereocenters. The van der Waals surface area contributed by atoms with Crippen molar-refractivity contribution < 1.29 is 14.6 Å². The summed E-state index contributed by atoms with van der Waals surface area (Å²) in [6, 6.07) is 0. The number of nitrogens with one attached hydrogen (secondary N) is 1. The normalized spacial score (nSPS) is 14.2. The highest BCUT2D eigenvalue weighted by molar-refractivity contribution is 5.72. The monoisotopic (exact) mass is 238 g/mol. The fourth-order valence-corrected chi connectivity index (χ4v) is 2.30. The van der Waals surface area contributed by atoms with E-state index in [0.29, 0.717) is 6.61 Å². The number of carbonyl (C=O) groups is 1. The van der Waals surface area contributed by atoms with Crippen molar-refractivity contribution in [3.05, 3.63) is 17.3 Å². The minimum absolute atomic E-state index is 0.0841. The van der Waals surface area contributed by atoms with Crippen molar-refractivity contribution in [3.63, 3.8) is 0 Å². The standard InChI is InChI=1S/C12H18N2O3/c1-17-6-3-10-9(7-11(15)16)8-14-5-2-4-13-12(10)14/h8,13H,2-7H2,1H3,(H,15,16). The van der Waals surface area contributed by atoms with Gasteiger partial charge in [-0.15, -0.1) is 0 Å². The molecule has 0 fully saturated rings. The Morgan fingerprint density at radius 3 is 3.18 bits per heavy atom. The molecule has 94 valence electrons. The average Bonchev–Trinajstić information content (AvgIpc) is 2.63. The van der Waals surface area contributed by atoms with Crippen LogP contribution in [0, 0.1) is 0 Å². The van der Waals surface area contributed by atoms with E-state index in [1.165, 1.54) is 0 Å². The third kappa shape index (κ3) is 2.61. The van der Waals surface area contributed by atoms with E-state index in [1.807, 2.05) is 6.20 Å². The number of aromatic nitrogens is 1. The van der Waals surface area contributed by atoms with Gasteiger partial charge in [-0.2, -0.15) is 0 Å². The molecular formula is C12H18N2O3. The molecule has 0 saturated heterocycles. The fraction of sp³-hybridized carbons (Fsp3) is 0.583. The van der Waals surface area contributed by atoms with E-state index in [9.17, 15) is 4.79 Å². The van der Waals surface area contributed by atoms with Crippen LogP contribution < -0.4 is 5.32 Å². The van der Waals surface area contributed by atoms with E-state index in [-0.39, 0.29) is 6.42 Å². The molecule has 1 aliphatic heterocycles. The van der Waals surface area contributed by atoms with Crippen LogP contribution in [0.2, 0.25) is 0 Å². The minimum atomic E-state index is -0.786. The molecule has 2 N–H and O–H groups in total. The molecule has 2 heterocycles. The largest absolute Gasteiger partial charge is 0.481 e. The topological polar surface area (TPSA) is 63.5 Å². The third-order valence-corrected chi connectivity index (χ3v) is 3.04. The molecule has 1 aromatic rings. The van der Waals surface area contributed by atoms with Gasteiger partial charge in [-0.3, -0.25) is 4.79 Å². The Labute approximate surface area is 100 Å². The molecule has 0 radical (unpaired) electrons. The summed E-state index contributed by atoms with van der Waals surface area (Å²) >= 11 is 0. The zero-order chi connectivity index (χ0) is 12.3. The second kappa shape index (κ2) is 5.23. The lowest BCUT2D eigenvalue weighted by Crippen LogP contribution is -2.17. The van der Waals surface area contributed by atoms with Gasteiger partial charge in [-0.05, 0) is 18.4 Å². The number of ether oxygens (including phenoxy) is 1. The number of methoxy groups -OCH3 is 1. The second-order valence-corrected chi connectivity index (χ2v) is 4.27. The summed E-state index contributed by atoms with van der Waals surface area (Å²) in [5.74, 6) is 0.288. The Balaban J connectivity index is 2.28. The summed E-state index contributed by atoms with van der Waals surface area (Å²) in [7, 11) is 1.66. The first-order valence-corrected chi connectivity index (χ1v) is 5.88. The number of aryl methyl sites for hydroxylation is 1. The number of carboxylic acids is 1. The summed E-state index contributed by atoms with van der Waals surface area (Å²) < 4.78 is 7.20. The van der Waals surface area contributed by atoms with E-state index in [2.05, 4.69) is 9.88 Å². The highest BCUT2D eigenvalue weighted by Gasteiger charge is 2.19. The molecule has 0 amide bonds. The second-order valence-electron chi connectivity index (χ2n) is 4.27. The van der Waals surface area contributed by atoms with E-state index in [1.54, 1.807) is 7.11 Å². The maximum absolute atomic E-state index is 10.8. The SMILES string of the molecule is COCCc1c(CC(=O)O)cn2c1NCCC2. The number of fused-ring (bicyclic) bond motifs is 1. The van der Waals surface area contributed by atoms with Gasteiger partial charge in [0.25, 0.3) is 0 Å². The van der Waals surface area contributed by atoms with Crippen molar-refractivity contribution in [2.45, 2.75) is 25.8 Å². The van der Waals surface area contributed by atoms with Gasteiger partial charge >= 0.3 is 5.97 Å². The smallest absolute Gasteiger partial charge is 0.307 e. The third-order valence-electron chi connectivity index (χ3n) is 3.04. The van der Waals surface area contributed by atoms with Crippen LogP contribution in [0.4, 0.5) is 5.82 Å². The molecule has 0 saturated carbocycles. The molecule has 0 aliphatic carbocycles. The van der Waals surface area contributed by atoms with Crippen LogP contribution in [0.3, 0.4) is 0 Å². The van der Waals surface area contributed by atoms with Crippen LogP contribution >= 0.6 is 0 Å². The molecule has 5 nitrogen and oxygen atoms in total. The molecule has 17 heavy (non-hydrogen) atoms. The van der Waals surface area contributed by atoms with Crippen molar-refractivity contribution in [1.29, 1.82) is 0 Å². The Bertz CT molecular complexity index is 412. The van der Waals surface area contributed by atoms with E-state index >= 15 is 0 Å². The lowest BCUT2D eigenvalue weighted by atomic mass is 10.1. The molecule has 1 aliphatic rings. The van der Waals surface area contributed by atoms with Crippen LogP contribution in [0.1, 0.15) is 17.5 Å². The van der Waals surface area contributed by atoms with Crippen molar-refractivity contribution in [2.24, 2.45) is 0 Å².